The maximum atomic E-state index is 13.7. The smallest absolute Gasteiger partial charge is 0.416 e. The van der Waals surface area contributed by atoms with E-state index >= 15 is 0 Å². The second-order valence-electron chi connectivity index (χ2n) is 11.6. The van der Waals surface area contributed by atoms with Crippen LogP contribution in [0.5, 0.6) is 5.75 Å². The van der Waals surface area contributed by atoms with Gasteiger partial charge in [0, 0.05) is 5.39 Å². The molecule has 1 N–H and O–H groups in total. The molecule has 3 aromatic carbocycles. The van der Waals surface area contributed by atoms with Crippen LogP contribution in [0.25, 0.3) is 10.8 Å². The molecule has 3 aromatic rings. The van der Waals surface area contributed by atoms with Gasteiger partial charge in [-0.05, 0) is 86.9 Å². The molecule has 1 saturated carbocycles. The van der Waals surface area contributed by atoms with Gasteiger partial charge in [-0.3, -0.25) is 4.79 Å². The number of carbonyl (C=O) groups excluding carboxylic acids is 2. The second-order valence-corrected chi connectivity index (χ2v) is 11.6. The van der Waals surface area contributed by atoms with Gasteiger partial charge in [-0.25, -0.2) is 4.79 Å². The van der Waals surface area contributed by atoms with Gasteiger partial charge >= 0.3 is 12.1 Å². The average Bonchev–Trinajstić information content (AvgIpc) is 2.92. The Labute approximate surface area is 245 Å². The number of ether oxygens (including phenoxy) is 2. The normalized spacial score (nSPS) is 18.1. The molecule has 0 radical (unpaired) electrons. The first-order valence-corrected chi connectivity index (χ1v) is 14.4. The number of carbonyl (C=O) groups is 2. The van der Waals surface area contributed by atoms with E-state index in [2.05, 4.69) is 18.8 Å². The van der Waals surface area contributed by atoms with E-state index in [-0.39, 0.29) is 18.3 Å². The van der Waals surface area contributed by atoms with Gasteiger partial charge in [0.2, 0.25) is 0 Å². The molecule has 1 amide bonds. The van der Waals surface area contributed by atoms with Gasteiger partial charge < -0.3 is 14.8 Å². The lowest BCUT2D eigenvalue weighted by molar-refractivity contribution is -0.150. The average molecular weight is 582 g/mol. The molecule has 1 aliphatic carbocycles. The number of allylic oxidation sites excluding steroid dienone is 1. The van der Waals surface area contributed by atoms with E-state index in [1.54, 1.807) is 26.0 Å². The van der Waals surface area contributed by atoms with E-state index in [1.165, 1.54) is 17.7 Å². The SMILES string of the molecule is C=C1CC(C)CC(CC[C@H](NC(=O)c2ccc3ccccc3c2OCc2ccc(C(F)(F)F)cc2)C(=O)OC(C)C)C1. The molecule has 4 rings (SSSR count). The lowest BCUT2D eigenvalue weighted by atomic mass is 9.77. The van der Waals surface area contributed by atoms with Gasteiger partial charge in [0.05, 0.1) is 17.2 Å². The van der Waals surface area contributed by atoms with Crippen LogP contribution in [0.1, 0.15) is 74.4 Å². The molecule has 1 aliphatic rings. The number of alkyl halides is 3. The van der Waals surface area contributed by atoms with Crippen LogP contribution in [0.3, 0.4) is 0 Å². The van der Waals surface area contributed by atoms with E-state index in [9.17, 15) is 22.8 Å². The Morgan fingerprint density at radius 3 is 2.40 bits per heavy atom. The first-order valence-electron chi connectivity index (χ1n) is 14.4. The summed E-state index contributed by atoms with van der Waals surface area (Å²) in [6.45, 7) is 9.85. The molecule has 42 heavy (non-hydrogen) atoms. The number of halogens is 3. The van der Waals surface area contributed by atoms with E-state index in [1.807, 2.05) is 24.3 Å². The Balaban J connectivity index is 1.56. The first kappa shape index (κ1) is 31.1. The van der Waals surface area contributed by atoms with Crippen molar-refractivity contribution in [3.05, 3.63) is 89.5 Å². The molecular weight excluding hydrogens is 543 g/mol. The first-order chi connectivity index (χ1) is 19.9. The van der Waals surface area contributed by atoms with Crippen LogP contribution in [0, 0.1) is 11.8 Å². The summed E-state index contributed by atoms with van der Waals surface area (Å²) in [5.41, 5.74) is 1.21. The topological polar surface area (TPSA) is 64.6 Å². The number of hydrogen-bond donors (Lipinski definition) is 1. The molecule has 0 bridgehead atoms. The predicted molar refractivity (Wildman–Crippen MR) is 157 cm³/mol. The molecule has 2 unspecified atom stereocenters. The van der Waals surface area contributed by atoms with Crippen LogP contribution in [-0.2, 0) is 22.3 Å². The highest BCUT2D eigenvalue weighted by molar-refractivity contribution is 6.05. The fraction of sp³-hybridized carbons (Fsp3) is 0.412. The van der Waals surface area contributed by atoms with Gasteiger partial charge in [-0.15, -0.1) is 0 Å². The number of hydrogen-bond acceptors (Lipinski definition) is 4. The van der Waals surface area contributed by atoms with Crippen molar-refractivity contribution in [3.8, 4) is 5.75 Å². The third-order valence-corrected chi connectivity index (χ3v) is 7.54. The van der Waals surface area contributed by atoms with Crippen molar-refractivity contribution in [1.29, 1.82) is 0 Å². The standard InChI is InChI=1S/C34H38F3NO4/c1-21(2)42-33(40)30(16-11-25-18-22(3)17-23(4)19-25)38-32(39)29-15-12-26-7-5-6-8-28(26)31(29)41-20-24-9-13-27(14-10-24)34(35,36)37/h5-10,12-15,21,23,25,30H,3,11,16-20H2,1-2,4H3,(H,38,39)/t23?,25?,30-/m0/s1. The van der Waals surface area contributed by atoms with Crippen LogP contribution in [-0.4, -0.2) is 24.0 Å². The maximum Gasteiger partial charge on any atom is 0.416 e. The monoisotopic (exact) mass is 581 g/mol. The molecular formula is C34H38F3NO4. The lowest BCUT2D eigenvalue weighted by Gasteiger charge is -2.29. The summed E-state index contributed by atoms with van der Waals surface area (Å²) in [7, 11) is 0. The quantitative estimate of drug-likeness (QED) is 0.193. The van der Waals surface area contributed by atoms with Crippen LogP contribution in [0.4, 0.5) is 13.2 Å². The number of amides is 1. The third kappa shape index (κ3) is 8.14. The number of benzene rings is 3. The van der Waals surface area contributed by atoms with Crippen molar-refractivity contribution in [2.24, 2.45) is 11.8 Å². The fourth-order valence-electron chi connectivity index (χ4n) is 5.66. The number of esters is 1. The van der Waals surface area contributed by atoms with Crippen molar-refractivity contribution < 1.29 is 32.2 Å². The lowest BCUT2D eigenvalue weighted by Crippen LogP contribution is -2.43. The summed E-state index contributed by atoms with van der Waals surface area (Å²) in [5, 5.41) is 4.39. The molecule has 3 atom stereocenters. The minimum absolute atomic E-state index is 0.0466. The number of rotatable bonds is 10. The van der Waals surface area contributed by atoms with Gasteiger partial charge in [-0.2, -0.15) is 13.2 Å². The molecule has 5 nitrogen and oxygen atoms in total. The molecule has 0 aromatic heterocycles. The maximum absolute atomic E-state index is 13.7. The summed E-state index contributed by atoms with van der Waals surface area (Å²) in [6.07, 6.45) is -0.620. The van der Waals surface area contributed by atoms with Gasteiger partial charge in [-0.1, -0.05) is 61.5 Å². The molecule has 1 fully saturated rings. The van der Waals surface area contributed by atoms with Crippen molar-refractivity contribution in [2.45, 2.75) is 77.8 Å². The van der Waals surface area contributed by atoms with Gasteiger partial charge in [0.15, 0.2) is 0 Å². The van der Waals surface area contributed by atoms with Crippen molar-refractivity contribution >= 4 is 22.6 Å². The zero-order chi connectivity index (χ0) is 30.4. The van der Waals surface area contributed by atoms with Gasteiger partial charge in [0.1, 0.15) is 18.4 Å². The number of fused-ring (bicyclic) bond motifs is 1. The summed E-state index contributed by atoms with van der Waals surface area (Å²) >= 11 is 0. The highest BCUT2D eigenvalue weighted by Gasteiger charge is 2.30. The molecule has 0 spiro atoms. The van der Waals surface area contributed by atoms with Crippen molar-refractivity contribution in [1.82, 2.24) is 5.32 Å². The summed E-state index contributed by atoms with van der Waals surface area (Å²) < 4.78 is 50.6. The highest BCUT2D eigenvalue weighted by Crippen LogP contribution is 2.35. The molecule has 0 saturated heterocycles. The molecule has 0 heterocycles. The van der Waals surface area contributed by atoms with E-state index in [0.29, 0.717) is 35.0 Å². The second kappa shape index (κ2) is 13.4. The Kier molecular flexibility index (Phi) is 9.97. The number of nitrogens with one attached hydrogen (secondary N) is 1. The van der Waals surface area contributed by atoms with E-state index in [4.69, 9.17) is 9.47 Å². The summed E-state index contributed by atoms with van der Waals surface area (Å²) in [6, 6.07) is 14.7. The van der Waals surface area contributed by atoms with Crippen LogP contribution in [0.15, 0.2) is 72.8 Å². The largest absolute Gasteiger partial charge is 0.487 e. The molecule has 0 aliphatic heterocycles. The zero-order valence-electron chi connectivity index (χ0n) is 24.3. The summed E-state index contributed by atoms with van der Waals surface area (Å²) in [5.74, 6) is 0.230. The molecule has 224 valence electrons. The third-order valence-electron chi connectivity index (χ3n) is 7.54. The van der Waals surface area contributed by atoms with Crippen LogP contribution < -0.4 is 10.1 Å². The van der Waals surface area contributed by atoms with E-state index in [0.717, 1.165) is 43.2 Å². The van der Waals surface area contributed by atoms with E-state index < -0.39 is 29.7 Å². The summed E-state index contributed by atoms with van der Waals surface area (Å²) in [4.78, 5) is 26.8. The minimum atomic E-state index is -4.43. The van der Waals surface area contributed by atoms with Crippen LogP contribution in [0.2, 0.25) is 0 Å². The van der Waals surface area contributed by atoms with Crippen LogP contribution >= 0.6 is 0 Å². The fourth-order valence-corrected chi connectivity index (χ4v) is 5.66. The van der Waals surface area contributed by atoms with Crippen molar-refractivity contribution in [2.75, 3.05) is 0 Å². The Morgan fingerprint density at radius 1 is 1.02 bits per heavy atom. The predicted octanol–water partition coefficient (Wildman–Crippen LogP) is 8.26. The highest BCUT2D eigenvalue weighted by atomic mass is 19.4. The Bertz CT molecular complexity index is 1410. The molecule has 8 heteroatoms. The Hall–Kier alpha value is -3.81. The zero-order valence-corrected chi connectivity index (χ0v) is 24.3. The minimum Gasteiger partial charge on any atom is -0.487 e. The Morgan fingerprint density at radius 2 is 1.74 bits per heavy atom. The van der Waals surface area contributed by atoms with Gasteiger partial charge in [0.25, 0.3) is 5.91 Å². The van der Waals surface area contributed by atoms with Crippen molar-refractivity contribution in [3.63, 3.8) is 0 Å².